The van der Waals surface area contributed by atoms with E-state index in [1.54, 1.807) is 12.1 Å². The number of aromatic nitrogens is 1. The van der Waals surface area contributed by atoms with Crippen molar-refractivity contribution in [2.45, 2.75) is 6.92 Å². The predicted octanol–water partition coefficient (Wildman–Crippen LogP) is 2.71. The van der Waals surface area contributed by atoms with Crippen LogP contribution in [0.15, 0.2) is 30.3 Å². The van der Waals surface area contributed by atoms with Crippen LogP contribution < -0.4 is 5.73 Å². The van der Waals surface area contributed by atoms with Gasteiger partial charge in [-0.2, -0.15) is 0 Å². The summed E-state index contributed by atoms with van der Waals surface area (Å²) in [6.45, 7) is 1.91. The second-order valence-corrected chi connectivity index (χ2v) is 3.27. The number of aryl methyl sites for hydroxylation is 1. The summed E-state index contributed by atoms with van der Waals surface area (Å²) in [4.78, 5) is 3.13. The van der Waals surface area contributed by atoms with Gasteiger partial charge in [0.15, 0.2) is 0 Å². The maximum Gasteiger partial charge on any atom is 0.123 e. The smallest absolute Gasteiger partial charge is 0.123 e. The summed E-state index contributed by atoms with van der Waals surface area (Å²) in [5.74, 6) is -0.231. The average Bonchev–Trinajstić information content (AvgIpc) is 2.48. The molecule has 0 fully saturated rings. The molecular weight excluding hydrogens is 179 g/mol. The van der Waals surface area contributed by atoms with Crippen LogP contribution in [0.5, 0.6) is 0 Å². The van der Waals surface area contributed by atoms with Crippen LogP contribution in [0.25, 0.3) is 11.3 Å². The molecule has 0 aliphatic rings. The summed E-state index contributed by atoms with van der Waals surface area (Å²) in [7, 11) is 0. The lowest BCUT2D eigenvalue weighted by atomic mass is 10.1. The summed E-state index contributed by atoms with van der Waals surface area (Å²) < 4.78 is 12.7. The number of H-pyrrole nitrogens is 1. The Hall–Kier alpha value is -1.77. The second kappa shape index (κ2) is 3.18. The number of hydrogen-bond donors (Lipinski definition) is 2. The highest BCUT2D eigenvalue weighted by Gasteiger charge is 2.03. The number of anilines is 1. The van der Waals surface area contributed by atoms with E-state index < -0.39 is 0 Å². The number of nitrogens with two attached hydrogens (primary N) is 1. The van der Waals surface area contributed by atoms with Gasteiger partial charge in [-0.25, -0.2) is 4.39 Å². The highest BCUT2D eigenvalue weighted by Crippen LogP contribution is 2.22. The number of nitrogens with one attached hydrogen (secondary N) is 1. The summed E-state index contributed by atoms with van der Waals surface area (Å²) in [6, 6.07) is 8.16. The lowest BCUT2D eigenvalue weighted by Gasteiger charge is -1.96. The van der Waals surface area contributed by atoms with Gasteiger partial charge in [0.1, 0.15) is 5.82 Å². The van der Waals surface area contributed by atoms with Crippen molar-refractivity contribution in [1.29, 1.82) is 0 Å². The molecule has 1 heterocycles. The molecule has 0 saturated carbocycles. The van der Waals surface area contributed by atoms with Gasteiger partial charge in [0.25, 0.3) is 0 Å². The van der Waals surface area contributed by atoms with Crippen molar-refractivity contribution in [1.82, 2.24) is 4.98 Å². The zero-order valence-electron chi connectivity index (χ0n) is 7.84. The first kappa shape index (κ1) is 8.81. The molecule has 0 unspecified atom stereocenters. The Bertz CT molecular complexity index is 423. The molecule has 72 valence electrons. The van der Waals surface area contributed by atoms with Crippen LogP contribution in [-0.4, -0.2) is 4.98 Å². The fourth-order valence-electron chi connectivity index (χ4n) is 1.36. The highest BCUT2D eigenvalue weighted by molar-refractivity contribution is 5.66. The van der Waals surface area contributed by atoms with Gasteiger partial charge in [-0.1, -0.05) is 0 Å². The first-order valence-corrected chi connectivity index (χ1v) is 4.38. The number of hydrogen-bond acceptors (Lipinski definition) is 1. The van der Waals surface area contributed by atoms with Gasteiger partial charge in [0.05, 0.1) is 5.69 Å². The molecule has 1 aromatic carbocycles. The normalized spacial score (nSPS) is 10.4. The molecule has 0 radical (unpaired) electrons. The van der Waals surface area contributed by atoms with E-state index in [1.807, 2.05) is 13.0 Å². The average molecular weight is 190 g/mol. The maximum atomic E-state index is 12.7. The van der Waals surface area contributed by atoms with Crippen LogP contribution in [0.1, 0.15) is 5.69 Å². The number of halogens is 1. The van der Waals surface area contributed by atoms with Crippen molar-refractivity contribution in [3.05, 3.63) is 41.8 Å². The van der Waals surface area contributed by atoms with Gasteiger partial charge in [0.2, 0.25) is 0 Å². The second-order valence-electron chi connectivity index (χ2n) is 3.27. The molecule has 0 atom stereocenters. The highest BCUT2D eigenvalue weighted by atomic mass is 19.1. The largest absolute Gasteiger partial charge is 0.397 e. The van der Waals surface area contributed by atoms with E-state index in [9.17, 15) is 4.39 Å². The predicted molar refractivity (Wildman–Crippen MR) is 55.3 cm³/mol. The number of benzene rings is 1. The lowest BCUT2D eigenvalue weighted by Crippen LogP contribution is -1.82. The minimum atomic E-state index is -0.231. The van der Waals surface area contributed by atoms with Crippen molar-refractivity contribution < 1.29 is 4.39 Å². The Morgan fingerprint density at radius 3 is 2.36 bits per heavy atom. The standard InChI is InChI=1S/C11H11FN2/c1-7-10(13)6-11(14-7)8-2-4-9(12)5-3-8/h2-6,14H,13H2,1H3. The molecule has 0 saturated heterocycles. The van der Waals surface area contributed by atoms with E-state index in [-0.39, 0.29) is 5.82 Å². The van der Waals surface area contributed by atoms with Gasteiger partial charge in [0, 0.05) is 11.4 Å². The third-order valence-corrected chi connectivity index (χ3v) is 2.21. The van der Waals surface area contributed by atoms with Crippen molar-refractivity contribution in [3.63, 3.8) is 0 Å². The Labute approximate surface area is 81.6 Å². The molecule has 0 spiro atoms. The lowest BCUT2D eigenvalue weighted by molar-refractivity contribution is 0.628. The molecule has 14 heavy (non-hydrogen) atoms. The minimum Gasteiger partial charge on any atom is -0.397 e. The maximum absolute atomic E-state index is 12.7. The molecule has 2 aromatic rings. The van der Waals surface area contributed by atoms with Crippen molar-refractivity contribution >= 4 is 5.69 Å². The van der Waals surface area contributed by atoms with Crippen molar-refractivity contribution in [3.8, 4) is 11.3 Å². The van der Waals surface area contributed by atoms with Crippen LogP contribution in [-0.2, 0) is 0 Å². The Morgan fingerprint density at radius 2 is 1.86 bits per heavy atom. The van der Waals surface area contributed by atoms with E-state index in [1.165, 1.54) is 12.1 Å². The molecule has 0 bridgehead atoms. The quantitative estimate of drug-likeness (QED) is 0.713. The summed E-state index contributed by atoms with van der Waals surface area (Å²) in [5.41, 5.74) is 9.22. The van der Waals surface area contributed by atoms with E-state index in [4.69, 9.17) is 5.73 Å². The number of rotatable bonds is 1. The van der Waals surface area contributed by atoms with E-state index in [2.05, 4.69) is 4.98 Å². The summed E-state index contributed by atoms with van der Waals surface area (Å²) in [6.07, 6.45) is 0. The fourth-order valence-corrected chi connectivity index (χ4v) is 1.36. The minimum absolute atomic E-state index is 0.231. The van der Waals surface area contributed by atoms with E-state index >= 15 is 0 Å². The van der Waals surface area contributed by atoms with E-state index in [0.29, 0.717) is 0 Å². The first-order chi connectivity index (χ1) is 6.66. The topological polar surface area (TPSA) is 41.8 Å². The third kappa shape index (κ3) is 1.48. The Balaban J connectivity index is 2.44. The molecule has 2 rings (SSSR count). The molecule has 0 aliphatic heterocycles. The van der Waals surface area contributed by atoms with Gasteiger partial charge < -0.3 is 10.7 Å². The number of aromatic amines is 1. The molecule has 0 amide bonds. The molecule has 0 aliphatic carbocycles. The van der Waals surface area contributed by atoms with Gasteiger partial charge in [-0.05, 0) is 42.8 Å². The van der Waals surface area contributed by atoms with Crippen LogP contribution in [0.3, 0.4) is 0 Å². The Kier molecular flexibility index (Phi) is 2.00. The molecular formula is C11H11FN2. The Morgan fingerprint density at radius 1 is 1.21 bits per heavy atom. The number of nitrogen functional groups attached to an aromatic ring is 1. The fraction of sp³-hybridized carbons (Fsp3) is 0.0909. The van der Waals surface area contributed by atoms with Crippen molar-refractivity contribution in [2.75, 3.05) is 5.73 Å². The first-order valence-electron chi connectivity index (χ1n) is 4.38. The monoisotopic (exact) mass is 190 g/mol. The third-order valence-electron chi connectivity index (χ3n) is 2.21. The van der Waals surface area contributed by atoms with Crippen LogP contribution in [0, 0.1) is 12.7 Å². The van der Waals surface area contributed by atoms with Crippen LogP contribution >= 0.6 is 0 Å². The van der Waals surface area contributed by atoms with Crippen molar-refractivity contribution in [2.24, 2.45) is 0 Å². The van der Waals surface area contributed by atoms with Gasteiger partial charge in [-0.15, -0.1) is 0 Å². The van der Waals surface area contributed by atoms with Gasteiger partial charge >= 0.3 is 0 Å². The molecule has 1 aromatic heterocycles. The summed E-state index contributed by atoms with van der Waals surface area (Å²) in [5, 5.41) is 0. The zero-order valence-corrected chi connectivity index (χ0v) is 7.84. The molecule has 3 N–H and O–H groups in total. The van der Waals surface area contributed by atoms with E-state index in [0.717, 1.165) is 22.6 Å². The SMILES string of the molecule is Cc1[nH]c(-c2ccc(F)cc2)cc1N. The van der Waals surface area contributed by atoms with Crippen LogP contribution in [0.2, 0.25) is 0 Å². The molecule has 3 heteroatoms. The summed E-state index contributed by atoms with van der Waals surface area (Å²) >= 11 is 0. The van der Waals surface area contributed by atoms with Gasteiger partial charge in [-0.3, -0.25) is 0 Å². The zero-order chi connectivity index (χ0) is 10.1. The molecule has 2 nitrogen and oxygen atoms in total. The van der Waals surface area contributed by atoms with Crippen LogP contribution in [0.4, 0.5) is 10.1 Å².